The first kappa shape index (κ1) is 16.0. The Labute approximate surface area is 133 Å². The van der Waals surface area contributed by atoms with Crippen LogP contribution < -0.4 is 10.6 Å². The van der Waals surface area contributed by atoms with Gasteiger partial charge in [0.15, 0.2) is 0 Å². The second kappa shape index (κ2) is 7.04. The molecule has 0 spiro atoms. The van der Waals surface area contributed by atoms with Gasteiger partial charge in [0.25, 0.3) is 5.91 Å². The highest BCUT2D eigenvalue weighted by Crippen LogP contribution is 2.17. The average Bonchev–Trinajstić information content (AvgIpc) is 2.49. The molecule has 0 bridgehead atoms. The van der Waals surface area contributed by atoms with Crippen LogP contribution in [0.2, 0.25) is 5.15 Å². The summed E-state index contributed by atoms with van der Waals surface area (Å²) in [5, 5.41) is 5.66. The van der Waals surface area contributed by atoms with E-state index >= 15 is 0 Å². The summed E-state index contributed by atoms with van der Waals surface area (Å²) >= 11 is 5.88. The van der Waals surface area contributed by atoms with Crippen LogP contribution in [0.4, 0.5) is 11.4 Å². The number of carbonyl (C=O) groups excluding carboxylic acids is 2. The fraction of sp³-hybridized carbons (Fsp3) is 0.188. The number of benzene rings is 1. The molecule has 1 aromatic heterocycles. The Kier molecular flexibility index (Phi) is 5.12. The standard InChI is InChI=1S/C16H16ClN3O2/c1-10(2)15(21)19-11-5-7-12(8-6-11)20-16(22)13-4-3-9-18-14(13)17/h3-10H,1-2H3,(H,19,21)(H,20,22). The number of amides is 2. The second-order valence-electron chi connectivity index (χ2n) is 5.02. The van der Waals surface area contributed by atoms with Gasteiger partial charge in [-0.15, -0.1) is 0 Å². The third-order valence-electron chi connectivity index (χ3n) is 2.94. The fourth-order valence-corrected chi connectivity index (χ4v) is 1.88. The van der Waals surface area contributed by atoms with Crippen molar-refractivity contribution in [2.75, 3.05) is 10.6 Å². The van der Waals surface area contributed by atoms with E-state index in [1.807, 2.05) is 13.8 Å². The molecule has 1 heterocycles. The van der Waals surface area contributed by atoms with E-state index in [-0.39, 0.29) is 22.9 Å². The van der Waals surface area contributed by atoms with Crippen molar-refractivity contribution in [2.45, 2.75) is 13.8 Å². The molecule has 0 atom stereocenters. The van der Waals surface area contributed by atoms with Crippen molar-refractivity contribution in [2.24, 2.45) is 5.92 Å². The van der Waals surface area contributed by atoms with Crippen LogP contribution in [-0.4, -0.2) is 16.8 Å². The molecule has 6 heteroatoms. The lowest BCUT2D eigenvalue weighted by molar-refractivity contribution is -0.118. The number of anilines is 2. The van der Waals surface area contributed by atoms with Crippen molar-refractivity contribution in [1.82, 2.24) is 4.98 Å². The minimum absolute atomic E-state index is 0.0565. The molecule has 2 amide bonds. The van der Waals surface area contributed by atoms with Crippen LogP contribution in [0.1, 0.15) is 24.2 Å². The van der Waals surface area contributed by atoms with Crippen molar-refractivity contribution in [3.63, 3.8) is 0 Å². The lowest BCUT2D eigenvalue weighted by Gasteiger charge is -2.09. The molecular weight excluding hydrogens is 302 g/mol. The number of hydrogen-bond donors (Lipinski definition) is 2. The quantitative estimate of drug-likeness (QED) is 0.847. The highest BCUT2D eigenvalue weighted by molar-refractivity contribution is 6.33. The van der Waals surface area contributed by atoms with Gasteiger partial charge in [-0.3, -0.25) is 9.59 Å². The Hall–Kier alpha value is -2.40. The molecule has 2 rings (SSSR count). The van der Waals surface area contributed by atoms with Crippen LogP contribution in [0.15, 0.2) is 42.6 Å². The number of carbonyl (C=O) groups is 2. The van der Waals surface area contributed by atoms with Gasteiger partial charge < -0.3 is 10.6 Å². The number of halogens is 1. The summed E-state index contributed by atoms with van der Waals surface area (Å²) in [4.78, 5) is 27.5. The van der Waals surface area contributed by atoms with E-state index < -0.39 is 0 Å². The predicted octanol–water partition coefficient (Wildman–Crippen LogP) is 3.58. The average molecular weight is 318 g/mol. The van der Waals surface area contributed by atoms with E-state index in [0.717, 1.165) is 0 Å². The minimum atomic E-state index is -0.336. The van der Waals surface area contributed by atoms with Gasteiger partial charge in [-0.1, -0.05) is 25.4 Å². The Morgan fingerprint density at radius 1 is 1.05 bits per heavy atom. The van der Waals surface area contributed by atoms with Gasteiger partial charge in [0.2, 0.25) is 5.91 Å². The maximum atomic E-state index is 12.1. The topological polar surface area (TPSA) is 71.1 Å². The van der Waals surface area contributed by atoms with Gasteiger partial charge in [0.05, 0.1) is 5.56 Å². The van der Waals surface area contributed by atoms with Gasteiger partial charge in [0, 0.05) is 23.5 Å². The molecule has 0 radical (unpaired) electrons. The van der Waals surface area contributed by atoms with Gasteiger partial charge in [0.1, 0.15) is 5.15 Å². The Morgan fingerprint density at radius 3 is 2.18 bits per heavy atom. The Balaban J connectivity index is 2.04. The largest absolute Gasteiger partial charge is 0.326 e. The smallest absolute Gasteiger partial charge is 0.258 e. The van der Waals surface area contributed by atoms with E-state index in [4.69, 9.17) is 11.6 Å². The minimum Gasteiger partial charge on any atom is -0.326 e. The van der Waals surface area contributed by atoms with E-state index in [0.29, 0.717) is 16.9 Å². The van der Waals surface area contributed by atoms with Crippen LogP contribution in [-0.2, 0) is 4.79 Å². The normalized spacial score (nSPS) is 10.4. The van der Waals surface area contributed by atoms with Crippen molar-refractivity contribution in [3.8, 4) is 0 Å². The van der Waals surface area contributed by atoms with E-state index in [1.165, 1.54) is 6.20 Å². The van der Waals surface area contributed by atoms with E-state index in [2.05, 4.69) is 15.6 Å². The molecule has 0 aliphatic rings. The number of nitrogens with zero attached hydrogens (tertiary/aromatic N) is 1. The molecule has 0 fully saturated rings. The molecule has 5 nitrogen and oxygen atoms in total. The molecule has 0 saturated carbocycles. The number of rotatable bonds is 4. The van der Waals surface area contributed by atoms with Crippen molar-refractivity contribution >= 4 is 34.8 Å². The van der Waals surface area contributed by atoms with Gasteiger partial charge >= 0.3 is 0 Å². The maximum absolute atomic E-state index is 12.1. The van der Waals surface area contributed by atoms with Crippen LogP contribution in [0.25, 0.3) is 0 Å². The summed E-state index contributed by atoms with van der Waals surface area (Å²) < 4.78 is 0. The van der Waals surface area contributed by atoms with Crippen LogP contribution in [0.5, 0.6) is 0 Å². The maximum Gasteiger partial charge on any atom is 0.258 e. The highest BCUT2D eigenvalue weighted by Gasteiger charge is 2.11. The SMILES string of the molecule is CC(C)C(=O)Nc1ccc(NC(=O)c2cccnc2Cl)cc1. The summed E-state index contributed by atoms with van der Waals surface area (Å²) in [5.41, 5.74) is 1.59. The van der Waals surface area contributed by atoms with Crippen LogP contribution in [0.3, 0.4) is 0 Å². The molecule has 0 saturated heterocycles. The summed E-state index contributed by atoms with van der Waals surface area (Å²) in [7, 11) is 0. The summed E-state index contributed by atoms with van der Waals surface area (Å²) in [5.74, 6) is -0.483. The fourth-order valence-electron chi connectivity index (χ4n) is 1.68. The van der Waals surface area contributed by atoms with Gasteiger partial charge in [-0.05, 0) is 36.4 Å². The molecule has 1 aromatic carbocycles. The van der Waals surface area contributed by atoms with Crippen LogP contribution >= 0.6 is 11.6 Å². The highest BCUT2D eigenvalue weighted by atomic mass is 35.5. The first-order valence-electron chi connectivity index (χ1n) is 6.80. The Bertz CT molecular complexity index is 684. The monoisotopic (exact) mass is 317 g/mol. The van der Waals surface area contributed by atoms with Crippen molar-refractivity contribution in [3.05, 3.63) is 53.3 Å². The zero-order chi connectivity index (χ0) is 16.1. The number of pyridine rings is 1. The second-order valence-corrected chi connectivity index (χ2v) is 5.38. The van der Waals surface area contributed by atoms with Crippen LogP contribution in [0, 0.1) is 5.92 Å². The number of hydrogen-bond acceptors (Lipinski definition) is 3. The zero-order valence-corrected chi connectivity index (χ0v) is 13.0. The summed E-state index contributed by atoms with van der Waals surface area (Å²) in [6.45, 7) is 3.64. The molecule has 2 aromatic rings. The molecule has 0 unspecified atom stereocenters. The first-order valence-corrected chi connectivity index (χ1v) is 7.18. The molecule has 22 heavy (non-hydrogen) atoms. The molecule has 2 N–H and O–H groups in total. The summed E-state index contributed by atoms with van der Waals surface area (Å²) in [6.07, 6.45) is 1.52. The molecule has 0 aliphatic carbocycles. The van der Waals surface area contributed by atoms with Crippen molar-refractivity contribution in [1.29, 1.82) is 0 Å². The predicted molar refractivity (Wildman–Crippen MR) is 87.1 cm³/mol. The first-order chi connectivity index (χ1) is 10.5. The number of nitrogens with one attached hydrogen (secondary N) is 2. The van der Waals surface area contributed by atoms with Gasteiger partial charge in [-0.25, -0.2) is 4.98 Å². The lowest BCUT2D eigenvalue weighted by atomic mass is 10.2. The third kappa shape index (κ3) is 4.05. The van der Waals surface area contributed by atoms with Crippen molar-refractivity contribution < 1.29 is 9.59 Å². The molecule has 0 aliphatic heterocycles. The third-order valence-corrected chi connectivity index (χ3v) is 3.24. The molecular formula is C16H16ClN3O2. The Morgan fingerprint density at radius 2 is 1.64 bits per heavy atom. The van der Waals surface area contributed by atoms with E-state index in [9.17, 15) is 9.59 Å². The van der Waals surface area contributed by atoms with E-state index in [1.54, 1.807) is 36.4 Å². The lowest BCUT2D eigenvalue weighted by Crippen LogP contribution is -2.17. The number of aromatic nitrogens is 1. The zero-order valence-electron chi connectivity index (χ0n) is 12.3. The molecule has 114 valence electrons. The summed E-state index contributed by atoms with van der Waals surface area (Å²) in [6, 6.07) is 10.1. The van der Waals surface area contributed by atoms with Gasteiger partial charge in [-0.2, -0.15) is 0 Å².